The van der Waals surface area contributed by atoms with E-state index >= 15 is 0 Å². The van der Waals surface area contributed by atoms with Crippen LogP contribution in [-0.4, -0.2) is 36.0 Å². The van der Waals surface area contributed by atoms with Crippen LogP contribution in [0.1, 0.15) is 50.2 Å². The van der Waals surface area contributed by atoms with Gasteiger partial charge in [-0.25, -0.2) is 8.42 Å². The zero-order chi connectivity index (χ0) is 16.4. The van der Waals surface area contributed by atoms with Gasteiger partial charge in [0.1, 0.15) is 0 Å². The van der Waals surface area contributed by atoms with Crippen molar-refractivity contribution in [1.82, 2.24) is 14.4 Å². The van der Waals surface area contributed by atoms with Crippen molar-refractivity contribution < 1.29 is 12.9 Å². The van der Waals surface area contributed by atoms with E-state index < -0.39 is 10.0 Å². The molecule has 1 aliphatic rings. The maximum atomic E-state index is 12.7. The first-order chi connectivity index (χ1) is 11.0. The van der Waals surface area contributed by atoms with Crippen molar-refractivity contribution >= 4 is 10.0 Å². The van der Waals surface area contributed by atoms with E-state index in [0.717, 1.165) is 12.8 Å². The fraction of sp³-hybridized carbons (Fsp3) is 0.500. The summed E-state index contributed by atoms with van der Waals surface area (Å²) in [5.41, 5.74) is 0. The van der Waals surface area contributed by atoms with Crippen molar-refractivity contribution in [3.05, 3.63) is 42.0 Å². The molecule has 0 bridgehead atoms. The molecular weight excluding hydrogens is 314 g/mol. The summed E-state index contributed by atoms with van der Waals surface area (Å²) in [4.78, 5) is 4.75. The van der Waals surface area contributed by atoms with E-state index in [-0.39, 0.29) is 11.8 Å². The highest BCUT2D eigenvalue weighted by Crippen LogP contribution is 2.30. The second-order valence-corrected chi connectivity index (χ2v) is 8.10. The van der Waals surface area contributed by atoms with Crippen LogP contribution in [0.3, 0.4) is 0 Å². The Morgan fingerprint density at radius 2 is 2.00 bits per heavy atom. The lowest BCUT2D eigenvalue weighted by Crippen LogP contribution is -2.39. The number of piperidine rings is 1. The molecule has 0 amide bonds. The van der Waals surface area contributed by atoms with Crippen molar-refractivity contribution in [3.63, 3.8) is 0 Å². The van der Waals surface area contributed by atoms with Gasteiger partial charge in [-0.15, -0.1) is 0 Å². The van der Waals surface area contributed by atoms with Crippen molar-refractivity contribution in [2.75, 3.05) is 13.1 Å². The smallest absolute Gasteiger partial charge is 0.243 e. The highest BCUT2D eigenvalue weighted by atomic mass is 32.2. The summed E-state index contributed by atoms with van der Waals surface area (Å²) < 4.78 is 32.3. The fourth-order valence-electron chi connectivity index (χ4n) is 2.75. The topological polar surface area (TPSA) is 76.3 Å². The Kier molecular flexibility index (Phi) is 4.50. The minimum atomic E-state index is -3.47. The monoisotopic (exact) mass is 335 g/mol. The molecule has 1 aromatic carbocycles. The molecule has 0 N–H and O–H groups in total. The molecule has 0 radical (unpaired) electrons. The molecule has 1 saturated heterocycles. The van der Waals surface area contributed by atoms with Crippen LogP contribution >= 0.6 is 0 Å². The normalized spacial score (nSPS) is 20.0. The number of hydrogen-bond donors (Lipinski definition) is 0. The molecule has 1 aromatic heterocycles. The summed E-state index contributed by atoms with van der Waals surface area (Å²) in [7, 11) is -3.47. The number of hydrogen-bond acceptors (Lipinski definition) is 5. The van der Waals surface area contributed by atoms with Gasteiger partial charge in [0.05, 0.1) is 10.8 Å². The van der Waals surface area contributed by atoms with E-state index in [1.54, 1.807) is 24.3 Å². The third-order valence-corrected chi connectivity index (χ3v) is 5.97. The maximum absolute atomic E-state index is 12.7. The molecule has 2 aromatic rings. The molecule has 1 fully saturated rings. The summed E-state index contributed by atoms with van der Waals surface area (Å²) in [6, 6.07) is 8.54. The van der Waals surface area contributed by atoms with Gasteiger partial charge in [-0.3, -0.25) is 0 Å². The molecule has 3 rings (SSSR count). The van der Waals surface area contributed by atoms with Crippen LogP contribution in [0.4, 0.5) is 0 Å². The predicted molar refractivity (Wildman–Crippen MR) is 85.6 cm³/mol. The SMILES string of the molecule is CC(C)c1noc([C@H]2CCCN(S(=O)(=O)c3ccccc3)C2)n1. The van der Waals surface area contributed by atoms with E-state index in [0.29, 0.717) is 29.7 Å². The molecule has 1 atom stereocenters. The summed E-state index contributed by atoms with van der Waals surface area (Å²) in [6.07, 6.45) is 1.65. The second kappa shape index (κ2) is 6.41. The Morgan fingerprint density at radius 1 is 1.26 bits per heavy atom. The summed E-state index contributed by atoms with van der Waals surface area (Å²) >= 11 is 0. The average molecular weight is 335 g/mol. The third-order valence-electron chi connectivity index (χ3n) is 4.09. The number of rotatable bonds is 4. The molecule has 0 unspecified atom stereocenters. The number of aromatic nitrogens is 2. The molecular formula is C16H21N3O3S. The van der Waals surface area contributed by atoms with Gasteiger partial charge >= 0.3 is 0 Å². The Morgan fingerprint density at radius 3 is 2.65 bits per heavy atom. The molecule has 2 heterocycles. The molecule has 23 heavy (non-hydrogen) atoms. The van der Waals surface area contributed by atoms with Crippen LogP contribution < -0.4 is 0 Å². The van der Waals surface area contributed by atoms with E-state index in [1.165, 1.54) is 4.31 Å². The summed E-state index contributed by atoms with van der Waals surface area (Å²) in [6.45, 7) is 4.92. The van der Waals surface area contributed by atoms with Crippen molar-refractivity contribution in [2.24, 2.45) is 0 Å². The Hall–Kier alpha value is -1.73. The third kappa shape index (κ3) is 3.30. The Labute approximate surface area is 136 Å². The Balaban J connectivity index is 1.80. The van der Waals surface area contributed by atoms with Gasteiger partial charge < -0.3 is 4.52 Å². The molecule has 124 valence electrons. The second-order valence-electron chi connectivity index (χ2n) is 6.16. The molecule has 7 heteroatoms. The number of benzene rings is 1. The van der Waals surface area contributed by atoms with E-state index in [2.05, 4.69) is 10.1 Å². The first-order valence-corrected chi connectivity index (χ1v) is 9.31. The predicted octanol–water partition coefficient (Wildman–Crippen LogP) is 2.76. The summed E-state index contributed by atoms with van der Waals surface area (Å²) in [5.74, 6) is 1.37. The van der Waals surface area contributed by atoms with Crippen LogP contribution in [0.25, 0.3) is 0 Å². The molecule has 0 aliphatic carbocycles. The van der Waals surface area contributed by atoms with Crippen LogP contribution in [0.15, 0.2) is 39.8 Å². The van der Waals surface area contributed by atoms with Crippen LogP contribution in [0, 0.1) is 0 Å². The van der Waals surface area contributed by atoms with Crippen LogP contribution in [0.5, 0.6) is 0 Å². The lowest BCUT2D eigenvalue weighted by Gasteiger charge is -2.30. The highest BCUT2D eigenvalue weighted by Gasteiger charge is 2.33. The van der Waals surface area contributed by atoms with Gasteiger partial charge in [-0.1, -0.05) is 37.2 Å². The van der Waals surface area contributed by atoms with Gasteiger partial charge in [0.15, 0.2) is 5.82 Å². The van der Waals surface area contributed by atoms with Crippen LogP contribution in [0.2, 0.25) is 0 Å². The maximum Gasteiger partial charge on any atom is 0.243 e. The average Bonchev–Trinajstić information content (AvgIpc) is 3.06. The van der Waals surface area contributed by atoms with E-state index in [9.17, 15) is 8.42 Å². The van der Waals surface area contributed by atoms with Gasteiger partial charge in [-0.05, 0) is 25.0 Å². The lowest BCUT2D eigenvalue weighted by atomic mass is 10.00. The van der Waals surface area contributed by atoms with Gasteiger partial charge in [0.25, 0.3) is 0 Å². The highest BCUT2D eigenvalue weighted by molar-refractivity contribution is 7.89. The van der Waals surface area contributed by atoms with Crippen molar-refractivity contribution in [1.29, 1.82) is 0 Å². The quantitative estimate of drug-likeness (QED) is 0.858. The largest absolute Gasteiger partial charge is 0.339 e. The lowest BCUT2D eigenvalue weighted by molar-refractivity contribution is 0.265. The summed E-state index contributed by atoms with van der Waals surface area (Å²) in [5, 5.41) is 3.98. The van der Waals surface area contributed by atoms with E-state index in [4.69, 9.17) is 4.52 Å². The van der Waals surface area contributed by atoms with Crippen molar-refractivity contribution in [2.45, 2.75) is 43.4 Å². The van der Waals surface area contributed by atoms with Gasteiger partial charge in [0, 0.05) is 19.0 Å². The number of sulfonamides is 1. The van der Waals surface area contributed by atoms with Crippen LogP contribution in [-0.2, 0) is 10.0 Å². The molecule has 0 spiro atoms. The molecule has 6 nitrogen and oxygen atoms in total. The van der Waals surface area contributed by atoms with Crippen molar-refractivity contribution in [3.8, 4) is 0 Å². The molecule has 0 saturated carbocycles. The first-order valence-electron chi connectivity index (χ1n) is 7.87. The van der Waals surface area contributed by atoms with Gasteiger partial charge in [-0.2, -0.15) is 9.29 Å². The molecule has 1 aliphatic heterocycles. The standard InChI is InChI=1S/C16H21N3O3S/c1-12(2)15-17-16(22-18-15)13-7-6-10-19(11-13)23(20,21)14-8-4-3-5-9-14/h3-5,8-9,12-13H,6-7,10-11H2,1-2H3/t13-/m0/s1. The number of nitrogens with zero attached hydrogens (tertiary/aromatic N) is 3. The van der Waals surface area contributed by atoms with E-state index in [1.807, 2.05) is 19.9 Å². The fourth-order valence-corrected chi connectivity index (χ4v) is 4.30. The minimum Gasteiger partial charge on any atom is -0.339 e. The Bertz CT molecular complexity index is 756. The minimum absolute atomic E-state index is 0.0396. The zero-order valence-corrected chi connectivity index (χ0v) is 14.2. The first kappa shape index (κ1) is 16.1. The zero-order valence-electron chi connectivity index (χ0n) is 13.3. The van der Waals surface area contributed by atoms with Gasteiger partial charge in [0.2, 0.25) is 15.9 Å².